The highest BCUT2D eigenvalue weighted by molar-refractivity contribution is 5.79. The molecule has 0 saturated carbocycles. The number of hydrogen-bond donors (Lipinski definition) is 1. The zero-order valence-corrected chi connectivity index (χ0v) is 17.5. The van der Waals surface area contributed by atoms with Crippen LogP contribution >= 0.6 is 0 Å². The van der Waals surface area contributed by atoms with Crippen molar-refractivity contribution in [1.29, 1.82) is 0 Å². The van der Waals surface area contributed by atoms with E-state index in [2.05, 4.69) is 27.3 Å². The molecule has 170 valence electrons. The lowest BCUT2D eigenvalue weighted by molar-refractivity contribution is -0.141. The second kappa shape index (κ2) is 8.27. The second-order valence-electron chi connectivity index (χ2n) is 8.74. The molecule has 1 amide bonds. The maximum atomic E-state index is 12.7. The third-order valence-corrected chi connectivity index (χ3v) is 6.49. The topological polar surface area (TPSA) is 57.7 Å². The largest absolute Gasteiger partial charge is 0.433 e. The molecule has 0 spiro atoms. The van der Waals surface area contributed by atoms with Crippen molar-refractivity contribution < 1.29 is 22.7 Å². The Balaban J connectivity index is 1.12. The van der Waals surface area contributed by atoms with Crippen molar-refractivity contribution in [2.45, 2.75) is 43.6 Å². The molecule has 3 aliphatic heterocycles. The van der Waals surface area contributed by atoms with Crippen LogP contribution in [0.2, 0.25) is 0 Å². The van der Waals surface area contributed by atoms with Crippen molar-refractivity contribution in [3.05, 3.63) is 53.9 Å². The predicted molar refractivity (Wildman–Crippen MR) is 114 cm³/mol. The first-order chi connectivity index (χ1) is 15.3. The maximum Gasteiger partial charge on any atom is 0.433 e. The summed E-state index contributed by atoms with van der Waals surface area (Å²) in [6, 6.07) is 11.0. The van der Waals surface area contributed by atoms with Gasteiger partial charge in [-0.3, -0.25) is 4.79 Å². The van der Waals surface area contributed by atoms with Crippen molar-refractivity contribution >= 4 is 17.3 Å². The normalized spacial score (nSPS) is 24.9. The van der Waals surface area contributed by atoms with E-state index in [0.29, 0.717) is 37.3 Å². The first-order valence-corrected chi connectivity index (χ1v) is 10.9. The number of amides is 1. The Morgan fingerprint density at radius 1 is 1.12 bits per heavy atom. The van der Waals surface area contributed by atoms with E-state index in [1.54, 1.807) is 0 Å². The molecule has 2 aromatic rings. The number of aromatic nitrogens is 1. The van der Waals surface area contributed by atoms with Crippen LogP contribution in [0, 0.1) is 0 Å². The number of alkyl halides is 3. The predicted octanol–water partition coefficient (Wildman–Crippen LogP) is 3.02. The zero-order valence-electron chi connectivity index (χ0n) is 17.5. The van der Waals surface area contributed by atoms with Crippen LogP contribution in [0.3, 0.4) is 0 Å². The van der Waals surface area contributed by atoms with Crippen molar-refractivity contribution in [2.75, 3.05) is 36.0 Å². The number of fused-ring (bicyclic) bond motifs is 2. The van der Waals surface area contributed by atoms with E-state index in [1.807, 2.05) is 17.0 Å². The third-order valence-electron chi connectivity index (χ3n) is 6.49. The summed E-state index contributed by atoms with van der Waals surface area (Å²) in [6.07, 6.45) is -0.729. The molecule has 3 saturated heterocycles. The van der Waals surface area contributed by atoms with Gasteiger partial charge in [-0.2, -0.15) is 13.2 Å². The number of nitrogens with one attached hydrogen (secondary N) is 1. The lowest BCUT2D eigenvalue weighted by Crippen LogP contribution is -2.38. The van der Waals surface area contributed by atoms with Gasteiger partial charge in [-0.1, -0.05) is 12.1 Å². The number of anilines is 2. The lowest BCUT2D eigenvalue weighted by atomic mass is 10.1. The van der Waals surface area contributed by atoms with E-state index in [9.17, 15) is 18.0 Å². The number of hydrogen-bond acceptors (Lipinski definition) is 5. The van der Waals surface area contributed by atoms with Gasteiger partial charge in [0.1, 0.15) is 5.69 Å². The molecule has 9 heteroatoms. The van der Waals surface area contributed by atoms with Crippen LogP contribution in [0.4, 0.5) is 24.5 Å². The van der Waals surface area contributed by atoms with Crippen LogP contribution < -0.4 is 15.1 Å². The first kappa shape index (κ1) is 21.1. The van der Waals surface area contributed by atoms with E-state index < -0.39 is 11.9 Å². The molecule has 0 aliphatic carbocycles. The highest BCUT2D eigenvalue weighted by atomic mass is 19.4. The van der Waals surface area contributed by atoms with Gasteiger partial charge >= 0.3 is 6.18 Å². The Morgan fingerprint density at radius 3 is 2.53 bits per heavy atom. The van der Waals surface area contributed by atoms with Crippen LogP contribution in [0.1, 0.15) is 24.1 Å². The number of pyridine rings is 1. The Kier molecular flexibility index (Phi) is 5.44. The van der Waals surface area contributed by atoms with Gasteiger partial charge in [-0.05, 0) is 42.7 Å². The SMILES string of the molecule is O=C(Cc1ccc(N2C[C@@H]3C[C@H]2CO3)cc1)NC1CCN(c2ccc(C(F)(F)F)nc2)C1. The molecule has 32 heavy (non-hydrogen) atoms. The minimum absolute atomic E-state index is 0.0378. The molecule has 1 aromatic heterocycles. The smallest absolute Gasteiger partial charge is 0.374 e. The number of nitrogens with zero attached hydrogens (tertiary/aromatic N) is 3. The van der Waals surface area contributed by atoms with Crippen LogP contribution in [-0.4, -0.2) is 55.3 Å². The molecule has 5 rings (SSSR count). The first-order valence-electron chi connectivity index (χ1n) is 10.9. The summed E-state index contributed by atoms with van der Waals surface area (Å²) in [4.78, 5) is 20.4. The molecule has 3 fully saturated rings. The zero-order chi connectivity index (χ0) is 22.3. The van der Waals surface area contributed by atoms with Crippen LogP contribution in [0.25, 0.3) is 0 Å². The van der Waals surface area contributed by atoms with E-state index in [-0.39, 0.29) is 11.9 Å². The maximum absolute atomic E-state index is 12.7. The molecule has 1 N–H and O–H groups in total. The minimum atomic E-state index is -4.44. The highest BCUT2D eigenvalue weighted by Crippen LogP contribution is 2.32. The van der Waals surface area contributed by atoms with Gasteiger partial charge in [0.15, 0.2) is 0 Å². The van der Waals surface area contributed by atoms with Crippen LogP contribution in [-0.2, 0) is 22.1 Å². The fraction of sp³-hybridized carbons (Fsp3) is 0.478. The molecule has 4 heterocycles. The Hall–Kier alpha value is -2.81. The van der Waals surface area contributed by atoms with E-state index in [0.717, 1.165) is 37.6 Å². The van der Waals surface area contributed by atoms with Gasteiger partial charge in [0.2, 0.25) is 5.91 Å². The summed E-state index contributed by atoms with van der Waals surface area (Å²) < 4.78 is 43.7. The standard InChI is InChI=1S/C23H25F3N4O2/c24-23(25,26)21-6-5-18(11-27-21)29-8-7-16(12-29)28-22(31)9-15-1-3-17(4-2-15)30-13-20-10-19(30)14-32-20/h1-6,11,16,19-20H,7-10,12-14H2,(H,28,31)/t16?,19-,20-/m0/s1. The minimum Gasteiger partial charge on any atom is -0.374 e. The summed E-state index contributed by atoms with van der Waals surface area (Å²) in [5, 5.41) is 3.05. The van der Waals surface area contributed by atoms with Crippen molar-refractivity contribution in [1.82, 2.24) is 10.3 Å². The summed E-state index contributed by atoms with van der Waals surface area (Å²) >= 11 is 0. The van der Waals surface area contributed by atoms with Gasteiger partial charge < -0.3 is 19.9 Å². The fourth-order valence-electron chi connectivity index (χ4n) is 4.84. The number of carbonyl (C=O) groups is 1. The Morgan fingerprint density at radius 2 is 1.91 bits per heavy atom. The lowest BCUT2D eigenvalue weighted by Gasteiger charge is -2.29. The Bertz CT molecular complexity index is 965. The van der Waals surface area contributed by atoms with Gasteiger partial charge in [0.25, 0.3) is 0 Å². The van der Waals surface area contributed by atoms with E-state index in [4.69, 9.17) is 4.74 Å². The summed E-state index contributed by atoms with van der Waals surface area (Å²) in [5.74, 6) is -0.0521. The van der Waals surface area contributed by atoms with Gasteiger partial charge in [0.05, 0.1) is 37.1 Å². The van der Waals surface area contributed by atoms with Crippen LogP contribution in [0.15, 0.2) is 42.6 Å². The molecular weight excluding hydrogens is 421 g/mol. The number of ether oxygens (including phenoxy) is 1. The molecule has 1 aromatic carbocycles. The number of carbonyl (C=O) groups excluding carboxylic acids is 1. The molecule has 1 unspecified atom stereocenters. The van der Waals surface area contributed by atoms with Crippen molar-refractivity contribution in [3.8, 4) is 0 Å². The summed E-state index contributed by atoms with van der Waals surface area (Å²) in [5.41, 5.74) is 1.85. The van der Waals surface area contributed by atoms with Crippen LogP contribution in [0.5, 0.6) is 0 Å². The number of benzene rings is 1. The summed E-state index contributed by atoms with van der Waals surface area (Å²) in [6.45, 7) is 2.93. The van der Waals surface area contributed by atoms with Gasteiger partial charge in [0, 0.05) is 31.4 Å². The monoisotopic (exact) mass is 446 g/mol. The van der Waals surface area contributed by atoms with Gasteiger partial charge in [-0.25, -0.2) is 4.98 Å². The van der Waals surface area contributed by atoms with Crippen molar-refractivity contribution in [2.24, 2.45) is 0 Å². The molecular formula is C23H25F3N4O2. The molecule has 3 aliphatic rings. The van der Waals surface area contributed by atoms with E-state index in [1.165, 1.54) is 18.0 Å². The quantitative estimate of drug-likeness (QED) is 0.765. The summed E-state index contributed by atoms with van der Waals surface area (Å²) in [7, 11) is 0. The third kappa shape index (κ3) is 4.39. The number of morpholine rings is 1. The average molecular weight is 446 g/mol. The second-order valence-corrected chi connectivity index (χ2v) is 8.74. The number of halogens is 3. The van der Waals surface area contributed by atoms with Crippen molar-refractivity contribution in [3.63, 3.8) is 0 Å². The fourth-order valence-corrected chi connectivity index (χ4v) is 4.84. The molecule has 2 bridgehead atoms. The van der Waals surface area contributed by atoms with E-state index >= 15 is 0 Å². The molecule has 0 radical (unpaired) electrons. The molecule has 3 atom stereocenters. The molecule has 6 nitrogen and oxygen atoms in total. The number of rotatable bonds is 5. The average Bonchev–Trinajstić information content (AvgIpc) is 3.51. The Labute approximate surface area is 184 Å². The highest BCUT2D eigenvalue weighted by Gasteiger charge is 2.39. The van der Waals surface area contributed by atoms with Gasteiger partial charge in [-0.15, -0.1) is 0 Å².